The number of furan rings is 1. The second-order valence-corrected chi connectivity index (χ2v) is 4.59. The van der Waals surface area contributed by atoms with Crippen molar-refractivity contribution in [2.45, 2.75) is 33.7 Å². The summed E-state index contributed by atoms with van der Waals surface area (Å²) in [4.78, 5) is 11.4. The van der Waals surface area contributed by atoms with Gasteiger partial charge in [-0.2, -0.15) is 0 Å². The predicted octanol–water partition coefficient (Wildman–Crippen LogP) is 2.33. The molecule has 1 aromatic rings. The zero-order valence-corrected chi connectivity index (χ0v) is 8.96. The molecule has 0 saturated heterocycles. The first-order valence-electron chi connectivity index (χ1n) is 4.76. The van der Waals surface area contributed by atoms with Gasteiger partial charge in [0.15, 0.2) is 0 Å². The third kappa shape index (κ3) is 4.12. The highest BCUT2D eigenvalue weighted by atomic mass is 16.3. The zero-order valence-electron chi connectivity index (χ0n) is 8.96. The Hall–Kier alpha value is -1.25. The molecular formula is C11H17NO2. The van der Waals surface area contributed by atoms with Crippen molar-refractivity contribution in [3.63, 3.8) is 0 Å². The van der Waals surface area contributed by atoms with Crippen LogP contribution in [0.5, 0.6) is 0 Å². The molecule has 0 spiro atoms. The minimum Gasteiger partial charge on any atom is -0.467 e. The number of amides is 1. The molecule has 0 bridgehead atoms. The number of rotatable bonds is 3. The molecule has 3 nitrogen and oxygen atoms in total. The van der Waals surface area contributed by atoms with Gasteiger partial charge in [-0.05, 0) is 17.5 Å². The Kier molecular flexibility index (Phi) is 3.33. The maximum atomic E-state index is 11.4. The number of hydrogen-bond donors (Lipinski definition) is 1. The molecule has 78 valence electrons. The van der Waals surface area contributed by atoms with Crippen molar-refractivity contribution in [2.75, 3.05) is 0 Å². The standard InChI is InChI=1S/C11H17NO2/c1-11(2,3)7-10(13)12-8-9-5-4-6-14-9/h4-6H,7-8H2,1-3H3,(H,12,13). The lowest BCUT2D eigenvalue weighted by Gasteiger charge is -2.16. The molecule has 1 aromatic heterocycles. The van der Waals surface area contributed by atoms with Gasteiger partial charge in [0.25, 0.3) is 0 Å². The summed E-state index contributed by atoms with van der Waals surface area (Å²) in [7, 11) is 0. The fourth-order valence-electron chi connectivity index (χ4n) is 1.14. The Morgan fingerprint density at radius 3 is 2.71 bits per heavy atom. The summed E-state index contributed by atoms with van der Waals surface area (Å²) < 4.78 is 5.10. The van der Waals surface area contributed by atoms with Crippen molar-refractivity contribution in [1.29, 1.82) is 0 Å². The first kappa shape index (κ1) is 10.8. The van der Waals surface area contributed by atoms with Crippen LogP contribution in [0.3, 0.4) is 0 Å². The second-order valence-electron chi connectivity index (χ2n) is 4.59. The zero-order chi connectivity index (χ0) is 10.6. The maximum Gasteiger partial charge on any atom is 0.220 e. The lowest BCUT2D eigenvalue weighted by atomic mass is 9.92. The minimum absolute atomic E-state index is 0.0350. The van der Waals surface area contributed by atoms with Crippen LogP contribution in [0, 0.1) is 5.41 Å². The van der Waals surface area contributed by atoms with E-state index in [1.165, 1.54) is 0 Å². The van der Waals surface area contributed by atoms with Crippen LogP contribution in [0.25, 0.3) is 0 Å². The third-order valence-electron chi connectivity index (χ3n) is 1.73. The van der Waals surface area contributed by atoms with Crippen LogP contribution in [0.1, 0.15) is 33.0 Å². The molecular weight excluding hydrogens is 178 g/mol. The molecule has 0 aromatic carbocycles. The van der Waals surface area contributed by atoms with Gasteiger partial charge in [-0.15, -0.1) is 0 Å². The van der Waals surface area contributed by atoms with Crippen molar-refractivity contribution >= 4 is 5.91 Å². The van der Waals surface area contributed by atoms with E-state index in [2.05, 4.69) is 5.32 Å². The Morgan fingerprint density at radius 2 is 2.21 bits per heavy atom. The van der Waals surface area contributed by atoms with Crippen LogP contribution in [-0.4, -0.2) is 5.91 Å². The average molecular weight is 195 g/mol. The molecule has 3 heteroatoms. The van der Waals surface area contributed by atoms with E-state index in [-0.39, 0.29) is 11.3 Å². The number of hydrogen-bond acceptors (Lipinski definition) is 2. The molecule has 0 atom stereocenters. The molecule has 1 N–H and O–H groups in total. The van der Waals surface area contributed by atoms with Gasteiger partial charge in [0, 0.05) is 6.42 Å². The van der Waals surface area contributed by atoms with Gasteiger partial charge in [-0.25, -0.2) is 0 Å². The Balaban J connectivity index is 2.29. The Morgan fingerprint density at radius 1 is 1.50 bits per heavy atom. The summed E-state index contributed by atoms with van der Waals surface area (Å²) in [6.07, 6.45) is 2.14. The molecule has 0 fully saturated rings. The lowest BCUT2D eigenvalue weighted by molar-refractivity contribution is -0.123. The molecule has 1 rings (SSSR count). The summed E-state index contributed by atoms with van der Waals surface area (Å²) in [5.74, 6) is 0.848. The van der Waals surface area contributed by atoms with Crippen LogP contribution in [0.2, 0.25) is 0 Å². The van der Waals surface area contributed by atoms with Crippen molar-refractivity contribution in [1.82, 2.24) is 5.32 Å². The van der Waals surface area contributed by atoms with E-state index in [0.29, 0.717) is 13.0 Å². The average Bonchev–Trinajstić information content (AvgIpc) is 2.49. The highest BCUT2D eigenvalue weighted by Gasteiger charge is 2.15. The predicted molar refractivity (Wildman–Crippen MR) is 54.6 cm³/mol. The van der Waals surface area contributed by atoms with Crippen molar-refractivity contribution in [2.24, 2.45) is 5.41 Å². The highest BCUT2D eigenvalue weighted by Crippen LogP contribution is 2.17. The van der Waals surface area contributed by atoms with Crippen LogP contribution >= 0.6 is 0 Å². The minimum atomic E-state index is 0.0350. The summed E-state index contributed by atoms with van der Waals surface area (Å²) in [5.41, 5.74) is 0.0350. The first-order chi connectivity index (χ1) is 6.47. The van der Waals surface area contributed by atoms with Crippen molar-refractivity contribution in [3.8, 4) is 0 Å². The Labute approximate surface area is 84.5 Å². The van der Waals surface area contributed by atoms with E-state index in [1.54, 1.807) is 6.26 Å². The second kappa shape index (κ2) is 4.31. The van der Waals surface area contributed by atoms with Gasteiger partial charge in [0.2, 0.25) is 5.91 Å². The van der Waals surface area contributed by atoms with Crippen LogP contribution < -0.4 is 5.32 Å². The van der Waals surface area contributed by atoms with Gasteiger partial charge in [-0.1, -0.05) is 20.8 Å². The SMILES string of the molecule is CC(C)(C)CC(=O)NCc1ccco1. The van der Waals surface area contributed by atoms with Gasteiger partial charge in [0.05, 0.1) is 12.8 Å². The summed E-state index contributed by atoms with van der Waals surface area (Å²) >= 11 is 0. The molecule has 0 aliphatic carbocycles. The number of nitrogens with one attached hydrogen (secondary N) is 1. The number of carbonyl (C=O) groups is 1. The van der Waals surface area contributed by atoms with E-state index >= 15 is 0 Å². The first-order valence-corrected chi connectivity index (χ1v) is 4.76. The van der Waals surface area contributed by atoms with Crippen molar-refractivity contribution in [3.05, 3.63) is 24.2 Å². The van der Waals surface area contributed by atoms with Gasteiger partial charge in [0.1, 0.15) is 5.76 Å². The maximum absolute atomic E-state index is 11.4. The molecule has 0 aliphatic rings. The molecule has 0 aliphatic heterocycles. The summed E-state index contributed by atoms with van der Waals surface area (Å²) in [6.45, 7) is 6.60. The molecule has 1 heterocycles. The van der Waals surface area contributed by atoms with Gasteiger partial charge in [-0.3, -0.25) is 4.79 Å². The van der Waals surface area contributed by atoms with Crippen molar-refractivity contribution < 1.29 is 9.21 Å². The molecule has 0 saturated carbocycles. The summed E-state index contributed by atoms with van der Waals surface area (Å²) in [5, 5.41) is 2.81. The van der Waals surface area contributed by atoms with E-state index in [9.17, 15) is 4.79 Å². The number of carbonyl (C=O) groups excluding carboxylic acids is 1. The van der Waals surface area contributed by atoms with Gasteiger partial charge < -0.3 is 9.73 Å². The fourth-order valence-corrected chi connectivity index (χ4v) is 1.14. The Bertz CT molecular complexity index is 283. The van der Waals surface area contributed by atoms with Crippen LogP contribution in [0.15, 0.2) is 22.8 Å². The summed E-state index contributed by atoms with van der Waals surface area (Å²) in [6, 6.07) is 3.66. The smallest absolute Gasteiger partial charge is 0.220 e. The highest BCUT2D eigenvalue weighted by molar-refractivity contribution is 5.76. The topological polar surface area (TPSA) is 42.2 Å². The molecule has 0 unspecified atom stereocenters. The van der Waals surface area contributed by atoms with E-state index in [4.69, 9.17) is 4.42 Å². The van der Waals surface area contributed by atoms with Crippen LogP contribution in [0.4, 0.5) is 0 Å². The quantitative estimate of drug-likeness (QED) is 0.804. The van der Waals surface area contributed by atoms with Gasteiger partial charge >= 0.3 is 0 Å². The molecule has 14 heavy (non-hydrogen) atoms. The van der Waals surface area contributed by atoms with Crippen LogP contribution in [-0.2, 0) is 11.3 Å². The monoisotopic (exact) mass is 195 g/mol. The fraction of sp³-hybridized carbons (Fsp3) is 0.545. The largest absolute Gasteiger partial charge is 0.467 e. The van der Waals surface area contributed by atoms with E-state index in [0.717, 1.165) is 5.76 Å². The third-order valence-corrected chi connectivity index (χ3v) is 1.73. The normalized spacial score (nSPS) is 11.4. The van der Waals surface area contributed by atoms with E-state index < -0.39 is 0 Å². The van der Waals surface area contributed by atoms with E-state index in [1.807, 2.05) is 32.9 Å². The molecule has 1 amide bonds. The molecule has 0 radical (unpaired) electrons. The lowest BCUT2D eigenvalue weighted by Crippen LogP contribution is -2.26.